The van der Waals surface area contributed by atoms with E-state index in [0.29, 0.717) is 49.8 Å². The van der Waals surface area contributed by atoms with Gasteiger partial charge in [-0.25, -0.2) is 0 Å². The average Bonchev–Trinajstić information content (AvgIpc) is 1.62. The molecule has 1 aliphatic rings. The minimum atomic E-state index is -0.676. The van der Waals surface area contributed by atoms with Crippen LogP contribution in [0.5, 0.6) is 23.0 Å². The Balaban J connectivity index is 0.000000987. The summed E-state index contributed by atoms with van der Waals surface area (Å²) in [5.74, 6) is 3.70. The van der Waals surface area contributed by atoms with Crippen molar-refractivity contribution in [3.05, 3.63) is 48.5 Å². The highest BCUT2D eigenvalue weighted by atomic mass is 16.6. The molecule has 103 heavy (non-hydrogen) atoms. The fourth-order valence-corrected chi connectivity index (χ4v) is 13.0. The van der Waals surface area contributed by atoms with Gasteiger partial charge < -0.3 is 52.8 Å². The topological polar surface area (TPSA) is 127 Å². The van der Waals surface area contributed by atoms with Gasteiger partial charge in [0.15, 0.2) is 0 Å². The largest absolute Gasteiger partial charge is 0.493 e. The quantitative estimate of drug-likeness (QED) is 0.0485. The zero-order chi connectivity index (χ0) is 74.1. The van der Waals surface area contributed by atoms with E-state index in [1.807, 2.05) is 42.5 Å². The van der Waals surface area contributed by atoms with Crippen LogP contribution >= 0.6 is 0 Å². The summed E-state index contributed by atoms with van der Waals surface area (Å²) in [5.41, 5.74) is 0. The molecular weight excluding hydrogens is 1280 g/mol. The molecule has 1 saturated heterocycles. The monoisotopic (exact) mass is 1450 g/mol. The van der Waals surface area contributed by atoms with Crippen molar-refractivity contribution in [2.75, 3.05) is 92.5 Å². The van der Waals surface area contributed by atoms with E-state index in [-0.39, 0.29) is 26.4 Å². The van der Waals surface area contributed by atoms with Crippen molar-refractivity contribution in [1.29, 1.82) is 0 Å². The lowest BCUT2D eigenvalue weighted by Gasteiger charge is -2.16. The van der Waals surface area contributed by atoms with Crippen molar-refractivity contribution >= 4 is 0 Å². The van der Waals surface area contributed by atoms with Crippen LogP contribution in [0, 0.1) is 11.8 Å². The number of rotatable bonds is 80. The van der Waals surface area contributed by atoms with Crippen molar-refractivity contribution < 1.29 is 52.8 Å². The highest BCUT2D eigenvalue weighted by Crippen LogP contribution is 2.24. The van der Waals surface area contributed by atoms with Gasteiger partial charge in [0, 0.05) is 50.4 Å². The molecule has 2 aromatic carbocycles. The van der Waals surface area contributed by atoms with Gasteiger partial charge in [-0.15, -0.1) is 0 Å². The third kappa shape index (κ3) is 77.3. The molecule has 0 amide bonds. The van der Waals surface area contributed by atoms with Crippen LogP contribution in [0.4, 0.5) is 0 Å². The van der Waals surface area contributed by atoms with Crippen molar-refractivity contribution in [3.8, 4) is 23.0 Å². The lowest BCUT2D eigenvalue weighted by atomic mass is 10.0. The van der Waals surface area contributed by atoms with Gasteiger partial charge in [-0.2, -0.15) is 0 Å². The lowest BCUT2D eigenvalue weighted by Crippen LogP contribution is -2.24. The zero-order valence-electron chi connectivity index (χ0n) is 69.0. The van der Waals surface area contributed by atoms with E-state index in [1.54, 1.807) is 6.07 Å². The van der Waals surface area contributed by atoms with Gasteiger partial charge >= 0.3 is 0 Å². The summed E-state index contributed by atoms with van der Waals surface area (Å²) in [6, 6.07) is 15.3. The van der Waals surface area contributed by atoms with E-state index in [1.165, 1.54) is 347 Å². The van der Waals surface area contributed by atoms with E-state index >= 15 is 0 Å². The highest BCUT2D eigenvalue weighted by Gasteiger charge is 2.12. The van der Waals surface area contributed by atoms with Gasteiger partial charge in [0.25, 0.3) is 0 Å². The zero-order valence-corrected chi connectivity index (χ0v) is 69.0. The molecule has 3 rings (SSSR count). The van der Waals surface area contributed by atoms with Crippen molar-refractivity contribution in [3.63, 3.8) is 0 Å². The average molecular weight is 1450 g/mol. The fraction of sp³-hybridized carbons (Fsp3) is 0.870. The summed E-state index contributed by atoms with van der Waals surface area (Å²) in [4.78, 5) is 0. The Hall–Kier alpha value is -2.64. The molecule has 0 saturated carbocycles. The number of epoxide rings is 1. The molecule has 0 spiro atoms. The maximum absolute atomic E-state index is 10.3. The summed E-state index contributed by atoms with van der Waals surface area (Å²) in [6.45, 7) is 22.4. The van der Waals surface area contributed by atoms with Crippen LogP contribution in [-0.2, 0) is 23.7 Å². The molecule has 0 aromatic heterocycles. The minimum Gasteiger partial charge on any atom is -0.493 e. The van der Waals surface area contributed by atoms with Crippen LogP contribution in [0.1, 0.15) is 401 Å². The summed E-state index contributed by atoms with van der Waals surface area (Å²) in [6.07, 6.45) is 75.1. The first-order valence-electron chi connectivity index (χ1n) is 44.8. The van der Waals surface area contributed by atoms with Gasteiger partial charge in [-0.3, -0.25) is 0 Å². The standard InChI is InChI=1S/C46H86O4.C44H82O6.C2H4O/c1-5-7-9-11-13-15-17-19-21-23-25-27-29-31-36-47-39-43(3)41-49-45-34-33-35-46(38-45)50-42-44(4)40-48-37-32-30-28-26-24-22-20-18-16-14-12-10-8-6-2;1-3-5-7-9-11-13-15-17-19-21-23-25-27-29-34-47-37-41(45)39-49-43-32-31-33-44(36-43)50-40-42(46)38-48-35-30-28-26-24-22-20-18-16-14-12-10-8-6-4-2;1-2-3-1/h33-35,38,43-44H,5-32,36-37,39-42H2,1-4H3;31-33,36,41-42,45-46H,3-30,34-35,37-40H2,1-2H3;1-2H2. The maximum Gasteiger partial charge on any atom is 0.123 e. The number of hydrogen-bond acceptors (Lipinski definition) is 11. The number of aliphatic hydroxyl groups is 2. The van der Waals surface area contributed by atoms with Crippen LogP contribution in [-0.4, -0.2) is 115 Å². The Morgan fingerprint density at radius 3 is 0.621 bits per heavy atom. The van der Waals surface area contributed by atoms with Crippen molar-refractivity contribution in [2.45, 2.75) is 413 Å². The molecule has 4 unspecified atom stereocenters. The second kappa shape index (κ2) is 81.9. The summed E-state index contributed by atoms with van der Waals surface area (Å²) in [7, 11) is 0. The number of unbranched alkanes of at least 4 members (excludes halogenated alkanes) is 52. The van der Waals surface area contributed by atoms with Gasteiger partial charge in [0.1, 0.15) is 48.4 Å². The molecule has 1 heterocycles. The predicted octanol–water partition coefficient (Wildman–Crippen LogP) is 26.9. The van der Waals surface area contributed by atoms with E-state index in [2.05, 4.69) is 46.3 Å². The molecule has 0 radical (unpaired) electrons. The highest BCUT2D eigenvalue weighted by molar-refractivity contribution is 5.33. The molecule has 2 aromatic rings. The van der Waals surface area contributed by atoms with Gasteiger partial charge in [0.2, 0.25) is 0 Å². The maximum atomic E-state index is 10.3. The van der Waals surface area contributed by atoms with E-state index in [9.17, 15) is 10.2 Å². The Morgan fingerprint density at radius 2 is 0.427 bits per heavy atom. The van der Waals surface area contributed by atoms with Crippen LogP contribution < -0.4 is 18.9 Å². The third-order valence-corrected chi connectivity index (χ3v) is 19.8. The first-order valence-corrected chi connectivity index (χ1v) is 44.8. The SMILES string of the molecule is C1CO1.CCCCCCCCCCCCCCCCOCC(C)COc1cccc(OCC(C)COCCCCCCCCCCCCCCCC)c1.CCCCCCCCCCCCCCCCOCC(O)COc1cccc(OCC(O)COCCCCCCCCCCCCCCCC)c1. The Kier molecular flexibility index (Phi) is 78.2. The minimum absolute atomic E-state index is 0.165. The molecular formula is C92H172O11. The number of benzene rings is 2. The van der Waals surface area contributed by atoms with Crippen molar-refractivity contribution in [1.82, 2.24) is 0 Å². The second-order valence-corrected chi connectivity index (χ2v) is 31.0. The first kappa shape index (κ1) is 98.4. The Bertz CT molecular complexity index is 1660. The summed E-state index contributed by atoms with van der Waals surface area (Å²) < 4.78 is 51.4. The van der Waals surface area contributed by atoms with Crippen LogP contribution in [0.25, 0.3) is 0 Å². The third-order valence-electron chi connectivity index (χ3n) is 19.8. The Labute approximate surface area is 638 Å². The number of hydrogen-bond donors (Lipinski definition) is 2. The van der Waals surface area contributed by atoms with Crippen molar-refractivity contribution in [2.24, 2.45) is 11.8 Å². The molecule has 606 valence electrons. The van der Waals surface area contributed by atoms with Gasteiger partial charge in [-0.1, -0.05) is 388 Å². The molecule has 1 aliphatic heterocycles. The molecule has 4 atom stereocenters. The van der Waals surface area contributed by atoms with Crippen LogP contribution in [0.15, 0.2) is 48.5 Å². The van der Waals surface area contributed by atoms with Crippen LogP contribution in [0.2, 0.25) is 0 Å². The number of ether oxygens (including phenoxy) is 9. The van der Waals surface area contributed by atoms with E-state index < -0.39 is 12.2 Å². The molecule has 0 bridgehead atoms. The molecule has 1 fully saturated rings. The van der Waals surface area contributed by atoms with E-state index in [0.717, 1.165) is 64.0 Å². The van der Waals surface area contributed by atoms with E-state index in [4.69, 9.17) is 37.9 Å². The molecule has 2 N–H and O–H groups in total. The molecule has 11 heteroatoms. The van der Waals surface area contributed by atoms with Gasteiger partial charge in [0.05, 0.1) is 52.9 Å². The summed E-state index contributed by atoms with van der Waals surface area (Å²) >= 11 is 0. The fourth-order valence-electron chi connectivity index (χ4n) is 13.0. The second-order valence-electron chi connectivity index (χ2n) is 31.0. The lowest BCUT2D eigenvalue weighted by molar-refractivity contribution is 0.00955. The Morgan fingerprint density at radius 1 is 0.252 bits per heavy atom. The summed E-state index contributed by atoms with van der Waals surface area (Å²) in [5, 5.41) is 20.6. The predicted molar refractivity (Wildman–Crippen MR) is 441 cm³/mol. The normalized spacial score (nSPS) is 13.0. The first-order chi connectivity index (χ1) is 50.8. The number of aliphatic hydroxyl groups excluding tert-OH is 2. The van der Waals surface area contributed by atoms with Gasteiger partial charge in [-0.05, 0) is 49.9 Å². The smallest absolute Gasteiger partial charge is 0.123 e. The molecule has 11 nitrogen and oxygen atoms in total. The van der Waals surface area contributed by atoms with Crippen LogP contribution in [0.3, 0.4) is 0 Å². The molecule has 0 aliphatic carbocycles.